The third-order valence-corrected chi connectivity index (χ3v) is 5.53. The summed E-state index contributed by atoms with van der Waals surface area (Å²) in [5.74, 6) is 1.40. The van der Waals surface area contributed by atoms with E-state index >= 15 is 0 Å². The van der Waals surface area contributed by atoms with Gasteiger partial charge >= 0.3 is 0 Å². The highest BCUT2D eigenvalue weighted by molar-refractivity contribution is 7.91. The highest BCUT2D eigenvalue weighted by Gasteiger charge is 2.28. The topological polar surface area (TPSA) is 88.1 Å². The van der Waals surface area contributed by atoms with Gasteiger partial charge in [0.25, 0.3) is 5.95 Å². The van der Waals surface area contributed by atoms with Crippen molar-refractivity contribution in [1.29, 1.82) is 0 Å². The van der Waals surface area contributed by atoms with E-state index in [1.54, 1.807) is 0 Å². The summed E-state index contributed by atoms with van der Waals surface area (Å²) in [5.41, 5.74) is 0.984. The quantitative estimate of drug-likeness (QED) is 0.889. The molecule has 0 bridgehead atoms. The highest BCUT2D eigenvalue weighted by Crippen LogP contribution is 2.22. The van der Waals surface area contributed by atoms with Gasteiger partial charge in [-0.25, -0.2) is 8.42 Å². The molecule has 1 aliphatic rings. The van der Waals surface area contributed by atoms with Crippen LogP contribution in [0.4, 0.5) is 17.5 Å². The van der Waals surface area contributed by atoms with Crippen molar-refractivity contribution in [1.82, 2.24) is 15.2 Å². The van der Waals surface area contributed by atoms with Gasteiger partial charge < -0.3 is 10.2 Å². The molecule has 8 heteroatoms. The lowest BCUT2D eigenvalue weighted by atomic mass is 10.3. The number of sulfone groups is 1. The maximum absolute atomic E-state index is 11.5. The molecule has 1 fully saturated rings. The SMILES string of the molecule is CCN(c1ccccc1)c1nncc(NC2CCS(=O)(=O)C2)n1. The number of hydrogen-bond acceptors (Lipinski definition) is 7. The average molecular weight is 333 g/mol. The van der Waals surface area contributed by atoms with E-state index in [1.807, 2.05) is 42.2 Å². The van der Waals surface area contributed by atoms with E-state index in [2.05, 4.69) is 20.5 Å². The minimum Gasteiger partial charge on any atom is -0.365 e. The Bertz CT molecular complexity index is 766. The molecule has 0 amide bonds. The molecule has 1 aromatic heterocycles. The Hall–Kier alpha value is -2.22. The predicted molar refractivity (Wildman–Crippen MR) is 89.6 cm³/mol. The van der Waals surface area contributed by atoms with Crippen molar-refractivity contribution in [3.8, 4) is 0 Å². The normalized spacial score (nSPS) is 19.4. The summed E-state index contributed by atoms with van der Waals surface area (Å²) in [5, 5.41) is 11.2. The number of nitrogens with zero attached hydrogens (tertiary/aromatic N) is 4. The van der Waals surface area contributed by atoms with Crippen LogP contribution < -0.4 is 10.2 Å². The molecule has 1 saturated heterocycles. The van der Waals surface area contributed by atoms with Crippen LogP contribution in [-0.4, -0.2) is 47.7 Å². The van der Waals surface area contributed by atoms with Crippen LogP contribution in [0.1, 0.15) is 13.3 Å². The first-order valence-electron chi connectivity index (χ1n) is 7.56. The van der Waals surface area contributed by atoms with Gasteiger partial charge in [0, 0.05) is 18.3 Å². The highest BCUT2D eigenvalue weighted by atomic mass is 32.2. The summed E-state index contributed by atoms with van der Waals surface area (Å²) >= 11 is 0. The second-order valence-corrected chi connectivity index (χ2v) is 7.69. The molecule has 1 unspecified atom stereocenters. The molecule has 3 rings (SSSR count). The minimum atomic E-state index is -2.93. The summed E-state index contributed by atoms with van der Waals surface area (Å²) < 4.78 is 23.1. The molecule has 1 aromatic carbocycles. The van der Waals surface area contributed by atoms with Gasteiger partial charge in [-0.05, 0) is 25.5 Å². The Morgan fingerprint density at radius 1 is 1.30 bits per heavy atom. The third kappa shape index (κ3) is 3.76. The van der Waals surface area contributed by atoms with Gasteiger partial charge in [0.15, 0.2) is 15.7 Å². The number of benzene rings is 1. The summed E-state index contributed by atoms with van der Waals surface area (Å²) in [6.07, 6.45) is 2.12. The van der Waals surface area contributed by atoms with Crippen LogP contribution >= 0.6 is 0 Å². The monoisotopic (exact) mass is 333 g/mol. The summed E-state index contributed by atoms with van der Waals surface area (Å²) in [4.78, 5) is 6.43. The Kier molecular flexibility index (Phi) is 4.42. The van der Waals surface area contributed by atoms with Crippen molar-refractivity contribution >= 4 is 27.3 Å². The largest absolute Gasteiger partial charge is 0.365 e. The average Bonchev–Trinajstić information content (AvgIpc) is 2.88. The van der Waals surface area contributed by atoms with Gasteiger partial charge in [0.05, 0.1) is 17.7 Å². The summed E-state index contributed by atoms with van der Waals surface area (Å²) in [6, 6.07) is 9.71. The molecule has 1 N–H and O–H groups in total. The van der Waals surface area contributed by atoms with Crippen molar-refractivity contribution in [2.75, 3.05) is 28.3 Å². The Balaban J connectivity index is 1.79. The van der Waals surface area contributed by atoms with E-state index in [4.69, 9.17) is 0 Å². The van der Waals surface area contributed by atoms with E-state index in [1.165, 1.54) is 6.20 Å². The zero-order valence-electron chi connectivity index (χ0n) is 12.9. The number of rotatable bonds is 5. The molecular weight excluding hydrogens is 314 g/mol. The van der Waals surface area contributed by atoms with Crippen molar-refractivity contribution in [2.24, 2.45) is 0 Å². The minimum absolute atomic E-state index is 0.114. The first-order chi connectivity index (χ1) is 11.1. The lowest BCUT2D eigenvalue weighted by Crippen LogP contribution is -2.23. The van der Waals surface area contributed by atoms with Crippen molar-refractivity contribution < 1.29 is 8.42 Å². The summed E-state index contributed by atoms with van der Waals surface area (Å²) in [6.45, 7) is 2.72. The fourth-order valence-electron chi connectivity index (χ4n) is 2.64. The van der Waals surface area contributed by atoms with E-state index in [0.29, 0.717) is 24.7 Å². The number of anilines is 3. The molecule has 0 aliphatic carbocycles. The smallest absolute Gasteiger partial charge is 0.251 e. The zero-order valence-corrected chi connectivity index (χ0v) is 13.7. The van der Waals surface area contributed by atoms with E-state index in [9.17, 15) is 8.42 Å². The van der Waals surface area contributed by atoms with Gasteiger partial charge in [-0.1, -0.05) is 18.2 Å². The standard InChI is InChI=1S/C15H19N5O2S/c1-2-20(13-6-4-3-5-7-13)15-18-14(10-16-19-15)17-12-8-9-23(21,22)11-12/h3-7,10,12H,2,8-9,11H2,1H3,(H,17,18,19). The fraction of sp³-hybridized carbons (Fsp3) is 0.400. The van der Waals surface area contributed by atoms with Crippen LogP contribution in [0, 0.1) is 0 Å². The molecule has 7 nitrogen and oxygen atoms in total. The molecule has 2 heterocycles. The van der Waals surface area contributed by atoms with Gasteiger partial charge in [-0.2, -0.15) is 10.1 Å². The second kappa shape index (κ2) is 6.49. The molecule has 1 atom stereocenters. The molecule has 2 aromatic rings. The maximum Gasteiger partial charge on any atom is 0.251 e. The number of aromatic nitrogens is 3. The first kappa shape index (κ1) is 15.7. The van der Waals surface area contributed by atoms with Crippen molar-refractivity contribution in [3.05, 3.63) is 36.5 Å². The summed E-state index contributed by atoms with van der Waals surface area (Å²) in [7, 11) is -2.93. The molecule has 0 radical (unpaired) electrons. The second-order valence-electron chi connectivity index (χ2n) is 5.47. The van der Waals surface area contributed by atoms with Gasteiger partial charge in [0.1, 0.15) is 0 Å². The number of hydrogen-bond donors (Lipinski definition) is 1. The molecule has 0 saturated carbocycles. The zero-order chi connectivity index (χ0) is 16.3. The van der Waals surface area contributed by atoms with Crippen LogP contribution in [0.3, 0.4) is 0 Å². The van der Waals surface area contributed by atoms with E-state index < -0.39 is 9.84 Å². The van der Waals surface area contributed by atoms with Gasteiger partial charge in [-0.15, -0.1) is 5.10 Å². The lowest BCUT2D eigenvalue weighted by Gasteiger charge is -2.21. The number of nitrogens with one attached hydrogen (secondary N) is 1. The fourth-order valence-corrected chi connectivity index (χ4v) is 4.32. The third-order valence-electron chi connectivity index (χ3n) is 3.76. The van der Waals surface area contributed by atoms with Gasteiger partial charge in [0.2, 0.25) is 0 Å². The molecule has 122 valence electrons. The van der Waals surface area contributed by atoms with Crippen LogP contribution in [-0.2, 0) is 9.84 Å². The van der Waals surface area contributed by atoms with Crippen LogP contribution in [0.2, 0.25) is 0 Å². The maximum atomic E-state index is 11.5. The molecular formula is C15H19N5O2S. The van der Waals surface area contributed by atoms with Crippen LogP contribution in [0.15, 0.2) is 36.5 Å². The van der Waals surface area contributed by atoms with E-state index in [-0.39, 0.29) is 17.5 Å². The lowest BCUT2D eigenvalue weighted by molar-refractivity contribution is 0.602. The molecule has 23 heavy (non-hydrogen) atoms. The van der Waals surface area contributed by atoms with Gasteiger partial charge in [-0.3, -0.25) is 0 Å². The Labute approximate surface area is 135 Å². The molecule has 1 aliphatic heterocycles. The van der Waals surface area contributed by atoms with Crippen molar-refractivity contribution in [2.45, 2.75) is 19.4 Å². The number of para-hydroxylation sites is 1. The van der Waals surface area contributed by atoms with Crippen LogP contribution in [0.25, 0.3) is 0 Å². The van der Waals surface area contributed by atoms with Crippen molar-refractivity contribution in [3.63, 3.8) is 0 Å². The Morgan fingerprint density at radius 2 is 2.09 bits per heavy atom. The molecule has 0 spiro atoms. The Morgan fingerprint density at radius 3 is 2.74 bits per heavy atom. The van der Waals surface area contributed by atoms with Crippen LogP contribution in [0.5, 0.6) is 0 Å². The first-order valence-corrected chi connectivity index (χ1v) is 9.39. The predicted octanol–water partition coefficient (Wildman–Crippen LogP) is 1.63. The van der Waals surface area contributed by atoms with E-state index in [0.717, 1.165) is 5.69 Å².